The zero-order valence-electron chi connectivity index (χ0n) is 15.4. The number of carbonyl (C=O) groups is 1. The van der Waals surface area contributed by atoms with Crippen LogP contribution in [0.1, 0.15) is 41.3 Å². The van der Waals surface area contributed by atoms with E-state index in [1.165, 1.54) is 5.56 Å². The van der Waals surface area contributed by atoms with Crippen molar-refractivity contribution in [2.24, 2.45) is 5.41 Å². The molecule has 0 bridgehead atoms. The summed E-state index contributed by atoms with van der Waals surface area (Å²) in [5.41, 5.74) is 2.86. The predicted octanol–water partition coefficient (Wildman–Crippen LogP) is 3.93. The first-order valence-corrected chi connectivity index (χ1v) is 8.48. The molecule has 4 nitrogen and oxygen atoms in total. The Morgan fingerprint density at radius 1 is 1.00 bits per heavy atom. The molecule has 1 unspecified atom stereocenters. The number of benzene rings is 2. The van der Waals surface area contributed by atoms with Gasteiger partial charge in [-0.05, 0) is 53.8 Å². The molecular weight excluding hydrogens is 314 g/mol. The lowest BCUT2D eigenvalue weighted by atomic mass is 10.0. The van der Waals surface area contributed by atoms with Gasteiger partial charge in [0.1, 0.15) is 11.5 Å². The third-order valence-corrected chi connectivity index (χ3v) is 5.27. The van der Waals surface area contributed by atoms with Gasteiger partial charge >= 0.3 is 0 Å². The first-order chi connectivity index (χ1) is 11.9. The molecule has 0 aliphatic heterocycles. The Bertz CT molecular complexity index is 780. The van der Waals surface area contributed by atoms with Crippen LogP contribution in [0, 0.1) is 12.3 Å². The highest BCUT2D eigenvalue weighted by Crippen LogP contribution is 2.58. The minimum absolute atomic E-state index is 0.0324. The van der Waals surface area contributed by atoms with Crippen LogP contribution in [0.2, 0.25) is 0 Å². The first-order valence-electron chi connectivity index (χ1n) is 8.48. The zero-order chi connectivity index (χ0) is 18.2. The average molecular weight is 339 g/mol. The number of hydrogen-bond acceptors (Lipinski definition) is 3. The third-order valence-electron chi connectivity index (χ3n) is 5.27. The Labute approximate surface area is 149 Å². The summed E-state index contributed by atoms with van der Waals surface area (Å²) in [5.74, 6) is 1.88. The Kier molecular flexibility index (Phi) is 4.46. The molecule has 2 aromatic carbocycles. The maximum Gasteiger partial charge on any atom is 0.251 e. The number of methoxy groups -OCH3 is 2. The molecule has 25 heavy (non-hydrogen) atoms. The monoisotopic (exact) mass is 339 g/mol. The zero-order valence-corrected chi connectivity index (χ0v) is 15.4. The van der Waals surface area contributed by atoms with E-state index in [9.17, 15) is 4.79 Å². The van der Waals surface area contributed by atoms with Gasteiger partial charge in [-0.25, -0.2) is 0 Å². The molecule has 1 aliphatic rings. The van der Waals surface area contributed by atoms with Crippen LogP contribution in [0.4, 0.5) is 0 Å². The van der Waals surface area contributed by atoms with Crippen molar-refractivity contribution in [2.75, 3.05) is 14.2 Å². The SMILES string of the molecule is COc1ccc([C@H]2C(NC(=O)c3ccc(OC)cc3C)C2(C)C)cc1. The number of ether oxygens (including phenoxy) is 2. The maximum atomic E-state index is 12.7. The van der Waals surface area contributed by atoms with Crippen LogP contribution in [0.3, 0.4) is 0 Å². The Morgan fingerprint density at radius 2 is 1.60 bits per heavy atom. The van der Waals surface area contributed by atoms with E-state index in [0.29, 0.717) is 11.5 Å². The topological polar surface area (TPSA) is 47.6 Å². The van der Waals surface area contributed by atoms with E-state index in [1.54, 1.807) is 14.2 Å². The minimum Gasteiger partial charge on any atom is -0.497 e. The predicted molar refractivity (Wildman–Crippen MR) is 98.5 cm³/mol. The standard InChI is InChI=1S/C21H25NO3/c1-13-12-16(25-5)10-11-17(13)20(23)22-19-18(21(19,2)3)14-6-8-15(24-4)9-7-14/h6-12,18-19H,1-5H3,(H,22,23)/t18-,19?/m0/s1. The molecule has 0 radical (unpaired) electrons. The number of amides is 1. The number of hydrogen-bond donors (Lipinski definition) is 1. The van der Waals surface area contributed by atoms with Gasteiger partial charge < -0.3 is 14.8 Å². The molecule has 2 aromatic rings. The highest BCUT2D eigenvalue weighted by molar-refractivity contribution is 5.96. The molecule has 1 amide bonds. The summed E-state index contributed by atoms with van der Waals surface area (Å²) in [5, 5.41) is 3.20. The number of rotatable bonds is 5. The van der Waals surface area contributed by atoms with Crippen molar-refractivity contribution in [3.05, 3.63) is 59.2 Å². The third kappa shape index (κ3) is 3.21. The minimum atomic E-state index is -0.0331. The van der Waals surface area contributed by atoms with Crippen LogP contribution < -0.4 is 14.8 Å². The Hall–Kier alpha value is -2.49. The van der Waals surface area contributed by atoms with E-state index in [0.717, 1.165) is 17.1 Å². The van der Waals surface area contributed by atoms with Gasteiger partial charge in [-0.2, -0.15) is 0 Å². The largest absolute Gasteiger partial charge is 0.497 e. The lowest BCUT2D eigenvalue weighted by Crippen LogP contribution is -2.29. The average Bonchev–Trinajstić information content (AvgIpc) is 3.14. The van der Waals surface area contributed by atoms with Crippen molar-refractivity contribution in [3.8, 4) is 11.5 Å². The number of nitrogens with one attached hydrogen (secondary N) is 1. The fourth-order valence-electron chi connectivity index (χ4n) is 3.58. The quantitative estimate of drug-likeness (QED) is 0.898. The van der Waals surface area contributed by atoms with Crippen LogP contribution in [0.25, 0.3) is 0 Å². The molecule has 1 saturated carbocycles. The molecular formula is C21H25NO3. The van der Waals surface area contributed by atoms with Crippen molar-refractivity contribution in [2.45, 2.75) is 32.7 Å². The van der Waals surface area contributed by atoms with Crippen LogP contribution in [0.5, 0.6) is 11.5 Å². The summed E-state index contributed by atoms with van der Waals surface area (Å²) in [7, 11) is 3.29. The normalized spacial score (nSPS) is 20.7. The van der Waals surface area contributed by atoms with Crippen LogP contribution in [0.15, 0.2) is 42.5 Å². The molecule has 1 N–H and O–H groups in total. The van der Waals surface area contributed by atoms with Crippen molar-refractivity contribution >= 4 is 5.91 Å². The summed E-state index contributed by atoms with van der Waals surface area (Å²) in [6, 6.07) is 13.7. The van der Waals surface area contributed by atoms with E-state index in [2.05, 4.69) is 31.3 Å². The molecule has 4 heteroatoms. The van der Waals surface area contributed by atoms with Crippen molar-refractivity contribution in [1.29, 1.82) is 0 Å². The molecule has 1 fully saturated rings. The van der Waals surface area contributed by atoms with E-state index < -0.39 is 0 Å². The number of carbonyl (C=O) groups excluding carboxylic acids is 1. The second-order valence-electron chi connectivity index (χ2n) is 7.20. The van der Waals surface area contributed by atoms with Crippen molar-refractivity contribution < 1.29 is 14.3 Å². The van der Waals surface area contributed by atoms with Crippen molar-refractivity contribution in [1.82, 2.24) is 5.32 Å². The van der Waals surface area contributed by atoms with Gasteiger partial charge in [0.25, 0.3) is 5.91 Å². The lowest BCUT2D eigenvalue weighted by molar-refractivity contribution is 0.0945. The van der Waals surface area contributed by atoms with E-state index in [1.807, 2.05) is 37.3 Å². The summed E-state index contributed by atoms with van der Waals surface area (Å²) in [6.45, 7) is 6.30. The fraction of sp³-hybridized carbons (Fsp3) is 0.381. The molecule has 0 saturated heterocycles. The van der Waals surface area contributed by atoms with Gasteiger partial charge in [0, 0.05) is 17.5 Å². The van der Waals surface area contributed by atoms with Gasteiger partial charge in [-0.3, -0.25) is 4.79 Å². The molecule has 132 valence electrons. The number of aryl methyl sites for hydroxylation is 1. The molecule has 3 rings (SSSR count). The van der Waals surface area contributed by atoms with Crippen LogP contribution in [-0.4, -0.2) is 26.2 Å². The molecule has 2 atom stereocenters. The second-order valence-corrected chi connectivity index (χ2v) is 7.20. The van der Waals surface area contributed by atoms with Gasteiger partial charge in [0.2, 0.25) is 0 Å². The fourth-order valence-corrected chi connectivity index (χ4v) is 3.58. The van der Waals surface area contributed by atoms with E-state index >= 15 is 0 Å². The van der Waals surface area contributed by atoms with Crippen LogP contribution in [-0.2, 0) is 0 Å². The van der Waals surface area contributed by atoms with Gasteiger partial charge in [0.05, 0.1) is 14.2 Å². The lowest BCUT2D eigenvalue weighted by Gasteiger charge is -2.10. The summed E-state index contributed by atoms with van der Waals surface area (Å²) >= 11 is 0. The molecule has 1 aliphatic carbocycles. The summed E-state index contributed by atoms with van der Waals surface area (Å²) in [4.78, 5) is 12.7. The Morgan fingerprint density at radius 3 is 2.16 bits per heavy atom. The smallest absolute Gasteiger partial charge is 0.251 e. The highest BCUT2D eigenvalue weighted by Gasteiger charge is 2.59. The highest BCUT2D eigenvalue weighted by atomic mass is 16.5. The maximum absolute atomic E-state index is 12.7. The van der Waals surface area contributed by atoms with E-state index in [-0.39, 0.29) is 17.4 Å². The first kappa shape index (κ1) is 17.3. The van der Waals surface area contributed by atoms with Gasteiger partial charge in [0.15, 0.2) is 0 Å². The molecule has 0 spiro atoms. The van der Waals surface area contributed by atoms with E-state index in [4.69, 9.17) is 9.47 Å². The Balaban J connectivity index is 1.75. The summed E-state index contributed by atoms with van der Waals surface area (Å²) in [6.07, 6.45) is 0. The summed E-state index contributed by atoms with van der Waals surface area (Å²) < 4.78 is 10.4. The second kappa shape index (κ2) is 6.43. The van der Waals surface area contributed by atoms with Crippen molar-refractivity contribution in [3.63, 3.8) is 0 Å². The van der Waals surface area contributed by atoms with Gasteiger partial charge in [-0.1, -0.05) is 26.0 Å². The molecule has 0 aromatic heterocycles. The molecule has 0 heterocycles. The van der Waals surface area contributed by atoms with Crippen LogP contribution >= 0.6 is 0 Å². The van der Waals surface area contributed by atoms with Gasteiger partial charge in [-0.15, -0.1) is 0 Å².